The lowest BCUT2D eigenvalue weighted by molar-refractivity contribution is 0.0547. The van der Waals surface area contributed by atoms with Crippen molar-refractivity contribution in [2.24, 2.45) is 0 Å². The van der Waals surface area contributed by atoms with Crippen molar-refractivity contribution in [2.45, 2.75) is 26.5 Å². The van der Waals surface area contributed by atoms with Gasteiger partial charge in [0.05, 0.1) is 0 Å². The molecule has 0 spiro atoms. The minimum Gasteiger partial charge on any atom is -0.372 e. The Morgan fingerprint density at radius 1 is 1.31 bits per heavy atom. The molecule has 16 heavy (non-hydrogen) atoms. The number of nitrogens with zero attached hydrogens (tertiary/aromatic N) is 2. The standard InChI is InChI=1S/C12H27N3O/c1-5-7-9-15(4)12(16)11-13-8-10-14(3)6-2/h7,9,12-13,16H,5-6,8,10-11H2,1-4H3/b9-7+. The van der Waals surface area contributed by atoms with Crippen LogP contribution in [0, 0.1) is 0 Å². The molecule has 2 N–H and O–H groups in total. The summed E-state index contributed by atoms with van der Waals surface area (Å²) in [6.07, 6.45) is 4.50. The topological polar surface area (TPSA) is 38.7 Å². The van der Waals surface area contributed by atoms with Crippen molar-refractivity contribution in [1.82, 2.24) is 15.1 Å². The number of likely N-dealkylation sites (N-methyl/N-ethyl adjacent to an activating group) is 2. The van der Waals surface area contributed by atoms with Gasteiger partial charge in [-0.3, -0.25) is 0 Å². The van der Waals surface area contributed by atoms with Crippen molar-refractivity contribution >= 4 is 0 Å². The first-order valence-electron chi connectivity index (χ1n) is 6.07. The fourth-order valence-electron chi connectivity index (χ4n) is 1.17. The summed E-state index contributed by atoms with van der Waals surface area (Å²) in [7, 11) is 3.98. The van der Waals surface area contributed by atoms with E-state index in [2.05, 4.69) is 31.1 Å². The van der Waals surface area contributed by atoms with E-state index in [0.717, 1.165) is 26.1 Å². The normalized spacial score (nSPS) is 13.6. The molecule has 0 fully saturated rings. The summed E-state index contributed by atoms with van der Waals surface area (Å²) in [6, 6.07) is 0. The first-order chi connectivity index (χ1) is 7.61. The zero-order valence-electron chi connectivity index (χ0n) is 11.1. The summed E-state index contributed by atoms with van der Waals surface area (Å²) < 4.78 is 0. The quantitative estimate of drug-likeness (QED) is 0.451. The van der Waals surface area contributed by atoms with E-state index >= 15 is 0 Å². The molecule has 0 saturated heterocycles. The molecule has 0 amide bonds. The first kappa shape index (κ1) is 15.4. The molecule has 0 bridgehead atoms. The van der Waals surface area contributed by atoms with E-state index in [-0.39, 0.29) is 0 Å². The second kappa shape index (κ2) is 9.63. The Morgan fingerprint density at radius 2 is 2.00 bits per heavy atom. The highest BCUT2D eigenvalue weighted by atomic mass is 16.3. The molecule has 0 aromatic heterocycles. The maximum absolute atomic E-state index is 9.77. The molecule has 96 valence electrons. The summed E-state index contributed by atoms with van der Waals surface area (Å²) >= 11 is 0. The molecule has 0 radical (unpaired) electrons. The molecule has 4 nitrogen and oxygen atoms in total. The molecule has 0 aromatic rings. The largest absolute Gasteiger partial charge is 0.372 e. The first-order valence-corrected chi connectivity index (χ1v) is 6.07. The van der Waals surface area contributed by atoms with Crippen molar-refractivity contribution in [3.63, 3.8) is 0 Å². The fraction of sp³-hybridized carbons (Fsp3) is 0.833. The van der Waals surface area contributed by atoms with E-state index in [9.17, 15) is 5.11 Å². The molecule has 0 rings (SSSR count). The molecular formula is C12H27N3O. The third kappa shape index (κ3) is 7.68. The van der Waals surface area contributed by atoms with Gasteiger partial charge >= 0.3 is 0 Å². The summed E-state index contributed by atoms with van der Waals surface area (Å²) in [6.45, 7) is 7.80. The highest BCUT2D eigenvalue weighted by Crippen LogP contribution is 1.93. The Hall–Kier alpha value is -0.580. The van der Waals surface area contributed by atoms with Crippen LogP contribution in [0.25, 0.3) is 0 Å². The molecule has 1 unspecified atom stereocenters. The zero-order valence-corrected chi connectivity index (χ0v) is 11.1. The molecule has 0 aliphatic rings. The summed E-state index contributed by atoms with van der Waals surface area (Å²) in [5.74, 6) is 0. The third-order valence-corrected chi connectivity index (χ3v) is 2.58. The lowest BCUT2D eigenvalue weighted by Gasteiger charge is -2.22. The van der Waals surface area contributed by atoms with Crippen LogP contribution in [-0.2, 0) is 0 Å². The monoisotopic (exact) mass is 229 g/mol. The van der Waals surface area contributed by atoms with Crippen LogP contribution in [0.15, 0.2) is 12.3 Å². The lowest BCUT2D eigenvalue weighted by Crippen LogP contribution is -2.39. The Kier molecular flexibility index (Phi) is 9.28. The van der Waals surface area contributed by atoms with Gasteiger partial charge in [0.25, 0.3) is 0 Å². The molecule has 4 heteroatoms. The van der Waals surface area contributed by atoms with E-state index in [1.54, 1.807) is 0 Å². The van der Waals surface area contributed by atoms with Gasteiger partial charge in [0, 0.05) is 26.7 Å². The Balaban J connectivity index is 3.56. The minimum atomic E-state index is -0.449. The van der Waals surface area contributed by atoms with Crippen LogP contribution in [0.5, 0.6) is 0 Å². The number of allylic oxidation sites excluding steroid dienone is 1. The van der Waals surface area contributed by atoms with Gasteiger partial charge in [0.1, 0.15) is 6.23 Å². The zero-order chi connectivity index (χ0) is 12.4. The van der Waals surface area contributed by atoms with Crippen molar-refractivity contribution in [2.75, 3.05) is 40.3 Å². The Bertz CT molecular complexity index is 185. The predicted octanol–water partition coefficient (Wildman–Crippen LogP) is 0.702. The van der Waals surface area contributed by atoms with Crippen molar-refractivity contribution in [3.8, 4) is 0 Å². The van der Waals surface area contributed by atoms with Crippen LogP contribution in [0.4, 0.5) is 0 Å². The smallest absolute Gasteiger partial charge is 0.138 e. The van der Waals surface area contributed by atoms with Crippen LogP contribution < -0.4 is 5.32 Å². The van der Waals surface area contributed by atoms with E-state index in [4.69, 9.17) is 0 Å². The van der Waals surface area contributed by atoms with Crippen LogP contribution in [0.3, 0.4) is 0 Å². The Morgan fingerprint density at radius 3 is 2.56 bits per heavy atom. The highest BCUT2D eigenvalue weighted by Gasteiger charge is 2.05. The highest BCUT2D eigenvalue weighted by molar-refractivity contribution is 4.81. The Labute approximate surface area is 99.9 Å². The van der Waals surface area contributed by atoms with E-state index < -0.39 is 6.23 Å². The van der Waals surface area contributed by atoms with Crippen molar-refractivity contribution in [3.05, 3.63) is 12.3 Å². The molecular weight excluding hydrogens is 202 g/mol. The molecule has 0 saturated carbocycles. The van der Waals surface area contributed by atoms with Gasteiger partial charge in [0.2, 0.25) is 0 Å². The SMILES string of the molecule is CC/C=C/N(C)C(O)CNCCN(C)CC. The number of hydrogen-bond donors (Lipinski definition) is 2. The van der Waals surface area contributed by atoms with E-state index in [1.165, 1.54) is 0 Å². The average Bonchev–Trinajstić information content (AvgIpc) is 2.30. The maximum Gasteiger partial charge on any atom is 0.138 e. The summed E-state index contributed by atoms with van der Waals surface area (Å²) in [4.78, 5) is 4.06. The summed E-state index contributed by atoms with van der Waals surface area (Å²) in [5.41, 5.74) is 0. The van der Waals surface area contributed by atoms with E-state index in [0.29, 0.717) is 6.54 Å². The van der Waals surface area contributed by atoms with Crippen molar-refractivity contribution < 1.29 is 5.11 Å². The molecule has 0 aliphatic heterocycles. The maximum atomic E-state index is 9.77. The van der Waals surface area contributed by atoms with Crippen LogP contribution in [0.1, 0.15) is 20.3 Å². The number of aliphatic hydroxyl groups is 1. The van der Waals surface area contributed by atoms with Gasteiger partial charge in [0.15, 0.2) is 0 Å². The number of rotatable bonds is 9. The fourth-order valence-corrected chi connectivity index (χ4v) is 1.17. The van der Waals surface area contributed by atoms with Gasteiger partial charge in [-0.15, -0.1) is 0 Å². The number of nitrogens with one attached hydrogen (secondary N) is 1. The van der Waals surface area contributed by atoms with Gasteiger partial charge in [-0.2, -0.15) is 0 Å². The van der Waals surface area contributed by atoms with Crippen LogP contribution in [0.2, 0.25) is 0 Å². The molecule has 0 heterocycles. The third-order valence-electron chi connectivity index (χ3n) is 2.58. The number of hydrogen-bond acceptors (Lipinski definition) is 4. The van der Waals surface area contributed by atoms with Crippen LogP contribution >= 0.6 is 0 Å². The molecule has 0 aromatic carbocycles. The van der Waals surface area contributed by atoms with Gasteiger partial charge in [-0.1, -0.05) is 19.9 Å². The number of aliphatic hydroxyl groups excluding tert-OH is 1. The van der Waals surface area contributed by atoms with Gasteiger partial charge in [-0.05, 0) is 26.2 Å². The average molecular weight is 229 g/mol. The van der Waals surface area contributed by atoms with Gasteiger partial charge in [-0.25, -0.2) is 0 Å². The van der Waals surface area contributed by atoms with E-state index in [1.807, 2.05) is 24.2 Å². The van der Waals surface area contributed by atoms with Gasteiger partial charge < -0.3 is 20.2 Å². The van der Waals surface area contributed by atoms with Crippen LogP contribution in [-0.4, -0.2) is 61.4 Å². The lowest BCUT2D eigenvalue weighted by atomic mass is 10.4. The summed E-state index contributed by atoms with van der Waals surface area (Å²) in [5, 5.41) is 13.0. The predicted molar refractivity (Wildman–Crippen MR) is 69.2 cm³/mol. The minimum absolute atomic E-state index is 0.449. The second-order valence-electron chi connectivity index (χ2n) is 4.04. The molecule has 0 aliphatic carbocycles. The second-order valence-corrected chi connectivity index (χ2v) is 4.04. The van der Waals surface area contributed by atoms with Crippen molar-refractivity contribution in [1.29, 1.82) is 0 Å². The molecule has 1 atom stereocenters.